The fourth-order valence-corrected chi connectivity index (χ4v) is 3.45. The van der Waals surface area contributed by atoms with Gasteiger partial charge in [0.25, 0.3) is 5.91 Å². The number of nitrogens with one attached hydrogen (secondary N) is 1. The molecule has 0 fully saturated rings. The van der Waals surface area contributed by atoms with Gasteiger partial charge in [-0.1, -0.05) is 41.4 Å². The van der Waals surface area contributed by atoms with Gasteiger partial charge < -0.3 is 10.1 Å². The van der Waals surface area contributed by atoms with Crippen LogP contribution in [0.2, 0.25) is 10.0 Å². The molecule has 2 aromatic carbocycles. The molecule has 132 valence electrons. The van der Waals surface area contributed by atoms with Crippen LogP contribution in [0.3, 0.4) is 0 Å². The number of rotatable bonds is 5. The highest BCUT2D eigenvalue weighted by Gasteiger charge is 2.15. The second kappa shape index (κ2) is 8.11. The lowest BCUT2D eigenvalue weighted by molar-refractivity contribution is -0.123. The average Bonchev–Trinajstić information content (AvgIpc) is 2.62. The van der Waals surface area contributed by atoms with Crippen molar-refractivity contribution in [2.45, 2.75) is 38.6 Å². The Morgan fingerprint density at radius 1 is 1.12 bits per heavy atom. The van der Waals surface area contributed by atoms with E-state index in [0.29, 0.717) is 15.8 Å². The maximum absolute atomic E-state index is 12.2. The molecule has 2 aromatic rings. The lowest BCUT2D eigenvalue weighted by Gasteiger charge is -2.20. The molecule has 0 radical (unpaired) electrons. The van der Waals surface area contributed by atoms with Gasteiger partial charge in [0.2, 0.25) is 0 Å². The van der Waals surface area contributed by atoms with Crippen LogP contribution >= 0.6 is 23.2 Å². The van der Waals surface area contributed by atoms with Crippen molar-refractivity contribution in [3.8, 4) is 5.75 Å². The summed E-state index contributed by atoms with van der Waals surface area (Å²) >= 11 is 11.9. The van der Waals surface area contributed by atoms with E-state index in [2.05, 4.69) is 23.5 Å². The summed E-state index contributed by atoms with van der Waals surface area (Å²) in [4.78, 5) is 12.2. The number of amides is 1. The maximum Gasteiger partial charge on any atom is 0.258 e. The molecule has 0 saturated heterocycles. The Morgan fingerprint density at radius 2 is 1.88 bits per heavy atom. The molecule has 0 unspecified atom stereocenters. The van der Waals surface area contributed by atoms with Crippen molar-refractivity contribution in [3.63, 3.8) is 0 Å². The topological polar surface area (TPSA) is 38.3 Å². The predicted molar refractivity (Wildman–Crippen MR) is 102 cm³/mol. The third-order valence-corrected chi connectivity index (χ3v) is 5.05. The molecule has 1 N–H and O–H groups in total. The Balaban J connectivity index is 1.58. The van der Waals surface area contributed by atoms with Crippen molar-refractivity contribution in [3.05, 3.63) is 63.1 Å². The maximum atomic E-state index is 12.2. The van der Waals surface area contributed by atoms with Crippen molar-refractivity contribution in [2.24, 2.45) is 0 Å². The second-order valence-electron chi connectivity index (χ2n) is 6.39. The van der Waals surface area contributed by atoms with Gasteiger partial charge in [-0.2, -0.15) is 0 Å². The molecule has 5 heteroatoms. The first-order valence-electron chi connectivity index (χ1n) is 8.52. The van der Waals surface area contributed by atoms with E-state index in [1.54, 1.807) is 18.2 Å². The molecule has 1 atom stereocenters. The van der Waals surface area contributed by atoms with Gasteiger partial charge in [0.15, 0.2) is 6.61 Å². The highest BCUT2D eigenvalue weighted by Crippen LogP contribution is 2.28. The molecule has 1 amide bonds. The average molecular weight is 378 g/mol. The number of ether oxygens (including phenoxy) is 1. The van der Waals surface area contributed by atoms with Crippen LogP contribution in [-0.2, 0) is 17.6 Å². The molecule has 0 saturated carbocycles. The van der Waals surface area contributed by atoms with Crippen LogP contribution < -0.4 is 10.1 Å². The molecular formula is C20H21Cl2NO2. The van der Waals surface area contributed by atoms with E-state index in [1.807, 2.05) is 6.92 Å². The Labute approximate surface area is 158 Å². The zero-order valence-electron chi connectivity index (χ0n) is 14.1. The molecule has 25 heavy (non-hydrogen) atoms. The van der Waals surface area contributed by atoms with E-state index in [0.717, 1.165) is 18.4 Å². The van der Waals surface area contributed by atoms with Crippen molar-refractivity contribution in [2.75, 3.05) is 6.61 Å². The molecule has 1 aliphatic carbocycles. The van der Waals surface area contributed by atoms with Gasteiger partial charge in [-0.25, -0.2) is 0 Å². The summed E-state index contributed by atoms with van der Waals surface area (Å²) in [7, 11) is 0. The summed E-state index contributed by atoms with van der Waals surface area (Å²) in [5.74, 6) is 0.215. The summed E-state index contributed by atoms with van der Waals surface area (Å²) in [5, 5.41) is 3.91. The predicted octanol–water partition coefficient (Wildman–Crippen LogP) is 5.13. The third kappa shape index (κ3) is 4.68. The van der Waals surface area contributed by atoms with Gasteiger partial charge in [0, 0.05) is 11.1 Å². The summed E-state index contributed by atoms with van der Waals surface area (Å²) in [6, 6.07) is 11.4. The van der Waals surface area contributed by atoms with E-state index in [4.69, 9.17) is 27.9 Å². The number of aryl methyl sites for hydroxylation is 2. The molecule has 0 bridgehead atoms. The normalized spacial score (nSPS) is 14.5. The van der Waals surface area contributed by atoms with Gasteiger partial charge in [-0.05, 0) is 61.4 Å². The third-order valence-electron chi connectivity index (χ3n) is 4.50. The second-order valence-corrected chi connectivity index (χ2v) is 7.23. The van der Waals surface area contributed by atoms with Gasteiger partial charge >= 0.3 is 0 Å². The smallest absolute Gasteiger partial charge is 0.258 e. The van der Waals surface area contributed by atoms with Crippen molar-refractivity contribution >= 4 is 29.1 Å². The first-order chi connectivity index (χ1) is 12.0. The van der Waals surface area contributed by atoms with Crippen molar-refractivity contribution in [1.82, 2.24) is 5.32 Å². The first-order valence-corrected chi connectivity index (χ1v) is 9.27. The van der Waals surface area contributed by atoms with Crippen molar-refractivity contribution < 1.29 is 9.53 Å². The number of hydrogen-bond donors (Lipinski definition) is 1. The van der Waals surface area contributed by atoms with Gasteiger partial charge in [-0.3, -0.25) is 4.79 Å². The number of halogens is 2. The fraction of sp³-hybridized carbons (Fsp3) is 0.350. The molecule has 0 aromatic heterocycles. The number of carbonyl (C=O) groups excluding carboxylic acids is 1. The monoisotopic (exact) mass is 377 g/mol. The molecule has 3 nitrogen and oxygen atoms in total. The molecule has 3 rings (SSSR count). The minimum atomic E-state index is -0.193. The summed E-state index contributed by atoms with van der Waals surface area (Å²) in [5.41, 5.74) is 3.97. The largest absolute Gasteiger partial charge is 0.482 e. The standard InChI is InChI=1S/C20H21Cl2NO2/c1-13(15-7-6-14-4-2-3-5-16(14)10-15)23-20(24)12-25-19-11-17(21)8-9-18(19)22/h6-11,13H,2-5,12H2,1H3,(H,23,24)/t13-/m0/s1. The van der Waals surface area contributed by atoms with Crippen molar-refractivity contribution in [1.29, 1.82) is 0 Å². The van der Waals surface area contributed by atoms with E-state index in [1.165, 1.54) is 24.0 Å². The SMILES string of the molecule is C[C@H](NC(=O)COc1cc(Cl)ccc1Cl)c1ccc2c(c1)CCCC2. The van der Waals surface area contributed by atoms with E-state index < -0.39 is 0 Å². The molecule has 0 heterocycles. The van der Waals surface area contributed by atoms with Crippen LogP contribution in [0.1, 0.15) is 42.5 Å². The number of hydrogen-bond acceptors (Lipinski definition) is 2. The molecular weight excluding hydrogens is 357 g/mol. The van der Waals surface area contributed by atoms with Gasteiger partial charge in [-0.15, -0.1) is 0 Å². The highest BCUT2D eigenvalue weighted by atomic mass is 35.5. The zero-order valence-corrected chi connectivity index (χ0v) is 15.7. The van der Waals surface area contributed by atoms with E-state index in [9.17, 15) is 4.79 Å². The number of benzene rings is 2. The summed E-state index contributed by atoms with van der Waals surface area (Å²) < 4.78 is 5.48. The molecule has 0 aliphatic heterocycles. The number of carbonyl (C=O) groups is 1. The number of fused-ring (bicyclic) bond motifs is 1. The summed E-state index contributed by atoms with van der Waals surface area (Å²) in [6.07, 6.45) is 4.79. The van der Waals surface area contributed by atoms with Crippen LogP contribution in [0.15, 0.2) is 36.4 Å². The Morgan fingerprint density at radius 3 is 2.68 bits per heavy atom. The highest BCUT2D eigenvalue weighted by molar-refractivity contribution is 6.34. The van der Waals surface area contributed by atoms with Crippen LogP contribution in [0.5, 0.6) is 5.75 Å². The lowest BCUT2D eigenvalue weighted by atomic mass is 9.89. The van der Waals surface area contributed by atoms with Gasteiger partial charge in [0.05, 0.1) is 11.1 Å². The Hall–Kier alpha value is -1.71. The fourth-order valence-electron chi connectivity index (χ4n) is 3.12. The van der Waals surface area contributed by atoms with E-state index in [-0.39, 0.29) is 18.6 Å². The minimum Gasteiger partial charge on any atom is -0.482 e. The minimum absolute atomic E-state index is 0.0711. The van der Waals surface area contributed by atoms with Crippen LogP contribution in [0, 0.1) is 0 Å². The Kier molecular flexibility index (Phi) is 5.87. The molecule has 0 spiro atoms. The van der Waals surface area contributed by atoms with Gasteiger partial charge in [0.1, 0.15) is 5.75 Å². The van der Waals surface area contributed by atoms with E-state index >= 15 is 0 Å². The quantitative estimate of drug-likeness (QED) is 0.784. The van der Waals surface area contributed by atoms with Crippen LogP contribution in [0.25, 0.3) is 0 Å². The molecule has 1 aliphatic rings. The van der Waals surface area contributed by atoms with Crippen LogP contribution in [-0.4, -0.2) is 12.5 Å². The first kappa shape index (κ1) is 18.1. The Bertz CT molecular complexity index is 776. The lowest BCUT2D eigenvalue weighted by Crippen LogP contribution is -2.31. The zero-order chi connectivity index (χ0) is 17.8. The van der Waals surface area contributed by atoms with Crippen LogP contribution in [0.4, 0.5) is 0 Å². The summed E-state index contributed by atoms with van der Waals surface area (Å²) in [6.45, 7) is 1.88.